The van der Waals surface area contributed by atoms with Gasteiger partial charge in [-0.05, 0) is 54.5 Å². The molecule has 0 radical (unpaired) electrons. The molecular weight excluding hydrogens is 357 g/mol. The summed E-state index contributed by atoms with van der Waals surface area (Å²) in [5.74, 6) is 0.129. The van der Waals surface area contributed by atoms with Crippen LogP contribution in [0.3, 0.4) is 0 Å². The molecule has 0 saturated carbocycles. The third kappa shape index (κ3) is 3.37. The summed E-state index contributed by atoms with van der Waals surface area (Å²) in [5.41, 5.74) is 3.82. The molecule has 5 nitrogen and oxygen atoms in total. The molecule has 6 heteroatoms. The Hall–Kier alpha value is -2.47. The number of ether oxygens (including phenoxy) is 1. The third-order valence-electron chi connectivity index (χ3n) is 5.70. The lowest BCUT2D eigenvalue weighted by Crippen LogP contribution is -2.38. The molecule has 148 valence electrons. The summed E-state index contributed by atoms with van der Waals surface area (Å²) in [6.45, 7) is 7.24. The van der Waals surface area contributed by atoms with Crippen molar-refractivity contribution in [1.29, 1.82) is 0 Å². The zero-order valence-corrected chi connectivity index (χ0v) is 16.6. The van der Waals surface area contributed by atoms with E-state index in [4.69, 9.17) is 4.74 Å². The average molecular weight is 383 g/mol. The van der Waals surface area contributed by atoms with Gasteiger partial charge in [0.2, 0.25) is 11.8 Å². The van der Waals surface area contributed by atoms with Gasteiger partial charge in [0.15, 0.2) is 0 Å². The van der Waals surface area contributed by atoms with Crippen molar-refractivity contribution >= 4 is 11.6 Å². The number of nitrogens with one attached hydrogen (secondary N) is 2. The van der Waals surface area contributed by atoms with Crippen molar-refractivity contribution in [1.82, 2.24) is 10.3 Å². The molecule has 1 aromatic carbocycles. The number of hydrogen-bond donors (Lipinski definition) is 2. The normalized spacial score (nSPS) is 19.6. The molecule has 0 saturated heterocycles. The number of anilines is 1. The number of aromatic nitrogens is 1. The number of carbonyl (C=O) groups excluding carboxylic acids is 1. The second-order valence-electron chi connectivity index (χ2n) is 8.12. The van der Waals surface area contributed by atoms with Crippen molar-refractivity contribution in [2.75, 3.05) is 18.5 Å². The highest BCUT2D eigenvalue weighted by Gasteiger charge is 2.34. The number of rotatable bonds is 4. The number of hydrogen-bond acceptors (Lipinski definition) is 4. The fraction of sp³-hybridized carbons (Fsp3) is 0.455. The Labute approximate surface area is 164 Å². The summed E-state index contributed by atoms with van der Waals surface area (Å²) in [6, 6.07) is 6.50. The molecule has 28 heavy (non-hydrogen) atoms. The highest BCUT2D eigenvalue weighted by Crippen LogP contribution is 2.41. The van der Waals surface area contributed by atoms with E-state index in [0.29, 0.717) is 24.7 Å². The highest BCUT2D eigenvalue weighted by atomic mass is 19.1. The number of fused-ring (bicyclic) bond motifs is 2. The largest absolute Gasteiger partial charge is 0.478 e. The molecule has 1 atom stereocenters. The second-order valence-corrected chi connectivity index (χ2v) is 8.12. The monoisotopic (exact) mass is 383 g/mol. The van der Waals surface area contributed by atoms with E-state index in [1.807, 2.05) is 19.1 Å². The second kappa shape index (κ2) is 7.17. The van der Waals surface area contributed by atoms with Crippen LogP contribution >= 0.6 is 0 Å². The van der Waals surface area contributed by atoms with E-state index in [9.17, 15) is 9.18 Å². The fourth-order valence-electron chi connectivity index (χ4n) is 4.34. The topological polar surface area (TPSA) is 63.2 Å². The van der Waals surface area contributed by atoms with Crippen molar-refractivity contribution in [2.24, 2.45) is 0 Å². The molecule has 2 heterocycles. The van der Waals surface area contributed by atoms with Crippen LogP contribution in [0, 0.1) is 5.82 Å². The van der Waals surface area contributed by atoms with Gasteiger partial charge in [-0.2, -0.15) is 0 Å². The van der Waals surface area contributed by atoms with Crippen LogP contribution in [0.5, 0.6) is 5.88 Å². The summed E-state index contributed by atoms with van der Waals surface area (Å²) >= 11 is 0. The molecule has 1 aliphatic carbocycles. The van der Waals surface area contributed by atoms with Gasteiger partial charge in [0.05, 0.1) is 12.3 Å². The van der Waals surface area contributed by atoms with Crippen molar-refractivity contribution in [3.8, 4) is 5.88 Å². The van der Waals surface area contributed by atoms with Crippen LogP contribution in [0.25, 0.3) is 0 Å². The molecule has 2 N–H and O–H groups in total. The summed E-state index contributed by atoms with van der Waals surface area (Å²) in [6.07, 6.45) is 2.49. The zero-order chi connectivity index (χ0) is 19.9. The smallest absolute Gasteiger partial charge is 0.246 e. The van der Waals surface area contributed by atoms with Gasteiger partial charge in [-0.1, -0.05) is 13.8 Å². The molecule has 1 amide bonds. The van der Waals surface area contributed by atoms with Crippen LogP contribution in [0.15, 0.2) is 24.3 Å². The van der Waals surface area contributed by atoms with Crippen LogP contribution in [0.4, 0.5) is 10.1 Å². The van der Waals surface area contributed by atoms with E-state index in [1.54, 1.807) is 6.07 Å². The quantitative estimate of drug-likeness (QED) is 0.846. The lowest BCUT2D eigenvalue weighted by atomic mass is 9.86. The Kier molecular flexibility index (Phi) is 4.83. The first-order chi connectivity index (χ1) is 13.4. The minimum Gasteiger partial charge on any atom is -0.478 e. The van der Waals surface area contributed by atoms with Gasteiger partial charge in [-0.25, -0.2) is 9.37 Å². The van der Waals surface area contributed by atoms with Gasteiger partial charge in [0, 0.05) is 30.3 Å². The van der Waals surface area contributed by atoms with E-state index >= 15 is 0 Å². The highest BCUT2D eigenvalue weighted by molar-refractivity contribution is 5.96. The standard InChI is InChI=1S/C22H26FN3O2/c1-4-28-18-6-5-15-17(26-18)8-10-24-20(15)21(27)25-14-11-13-7-9-22(2,3)19(13)16(23)12-14/h5-6,11-12,20,24H,4,7-10H2,1-3H3,(H,25,27). The van der Waals surface area contributed by atoms with E-state index in [0.717, 1.165) is 41.6 Å². The summed E-state index contributed by atoms with van der Waals surface area (Å²) in [7, 11) is 0. The van der Waals surface area contributed by atoms with Crippen LogP contribution in [-0.2, 0) is 23.1 Å². The van der Waals surface area contributed by atoms with Gasteiger partial charge < -0.3 is 15.4 Å². The lowest BCUT2D eigenvalue weighted by molar-refractivity contribution is -0.118. The molecular formula is C22H26FN3O2. The van der Waals surface area contributed by atoms with Crippen molar-refractivity contribution in [2.45, 2.75) is 51.5 Å². The molecule has 1 unspecified atom stereocenters. The molecule has 1 aromatic heterocycles. The maximum Gasteiger partial charge on any atom is 0.246 e. The van der Waals surface area contributed by atoms with Crippen molar-refractivity contribution in [3.05, 3.63) is 52.5 Å². The number of benzene rings is 1. The van der Waals surface area contributed by atoms with Gasteiger partial charge >= 0.3 is 0 Å². The lowest BCUT2D eigenvalue weighted by Gasteiger charge is -2.26. The molecule has 0 spiro atoms. The molecule has 2 aliphatic rings. The number of aryl methyl sites for hydroxylation is 1. The van der Waals surface area contributed by atoms with Crippen molar-refractivity contribution < 1.29 is 13.9 Å². The number of halogens is 1. The number of carbonyl (C=O) groups is 1. The first kappa shape index (κ1) is 18.9. The summed E-state index contributed by atoms with van der Waals surface area (Å²) in [5, 5.41) is 6.13. The van der Waals surface area contributed by atoms with E-state index in [1.165, 1.54) is 6.07 Å². The Morgan fingerprint density at radius 3 is 2.96 bits per heavy atom. The van der Waals surface area contributed by atoms with Gasteiger partial charge in [-0.3, -0.25) is 4.79 Å². The molecule has 0 bridgehead atoms. The van der Waals surface area contributed by atoms with Crippen molar-refractivity contribution in [3.63, 3.8) is 0 Å². The Morgan fingerprint density at radius 2 is 2.18 bits per heavy atom. The number of amides is 1. The van der Waals surface area contributed by atoms with Crippen LogP contribution in [0.1, 0.15) is 55.6 Å². The minimum absolute atomic E-state index is 0.157. The van der Waals surface area contributed by atoms with Crippen LogP contribution in [0.2, 0.25) is 0 Å². The molecule has 1 aliphatic heterocycles. The van der Waals surface area contributed by atoms with Crippen LogP contribution < -0.4 is 15.4 Å². The molecule has 0 fully saturated rings. The number of pyridine rings is 1. The van der Waals surface area contributed by atoms with Gasteiger partial charge in [0.25, 0.3) is 0 Å². The first-order valence-corrected chi connectivity index (χ1v) is 9.89. The zero-order valence-electron chi connectivity index (χ0n) is 16.6. The Morgan fingerprint density at radius 1 is 1.36 bits per heavy atom. The molecule has 2 aromatic rings. The SMILES string of the molecule is CCOc1ccc2c(n1)CCNC2C(=O)Nc1cc(F)c2c(c1)CCC2(C)C. The summed E-state index contributed by atoms with van der Waals surface area (Å²) < 4.78 is 20.2. The molecule has 4 rings (SSSR count). The maximum absolute atomic E-state index is 14.7. The third-order valence-corrected chi connectivity index (χ3v) is 5.70. The average Bonchev–Trinajstić information content (AvgIpc) is 2.96. The van der Waals surface area contributed by atoms with Gasteiger partial charge in [-0.15, -0.1) is 0 Å². The maximum atomic E-state index is 14.7. The minimum atomic E-state index is -0.514. The van der Waals surface area contributed by atoms with E-state index in [-0.39, 0.29) is 17.1 Å². The summed E-state index contributed by atoms with van der Waals surface area (Å²) in [4.78, 5) is 17.4. The predicted octanol–water partition coefficient (Wildman–Crippen LogP) is 3.67. The number of nitrogens with zero attached hydrogens (tertiary/aromatic N) is 1. The predicted molar refractivity (Wildman–Crippen MR) is 106 cm³/mol. The Balaban J connectivity index is 1.57. The van der Waals surface area contributed by atoms with E-state index < -0.39 is 6.04 Å². The van der Waals surface area contributed by atoms with Crippen LogP contribution in [-0.4, -0.2) is 24.0 Å². The first-order valence-electron chi connectivity index (χ1n) is 9.89. The van der Waals surface area contributed by atoms with Gasteiger partial charge in [0.1, 0.15) is 11.9 Å². The fourth-order valence-corrected chi connectivity index (χ4v) is 4.34. The van der Waals surface area contributed by atoms with E-state index in [2.05, 4.69) is 29.5 Å². The Bertz CT molecular complexity index is 926.